The summed E-state index contributed by atoms with van der Waals surface area (Å²) in [4.78, 5) is 14.1. The van der Waals surface area contributed by atoms with Crippen molar-refractivity contribution in [3.05, 3.63) is 48.0 Å². The van der Waals surface area contributed by atoms with Crippen LogP contribution in [0.2, 0.25) is 0 Å². The summed E-state index contributed by atoms with van der Waals surface area (Å²) in [6.45, 7) is 4.60. The van der Waals surface area contributed by atoms with E-state index in [-0.39, 0.29) is 5.91 Å². The highest BCUT2D eigenvalue weighted by Crippen LogP contribution is 2.35. The Morgan fingerprint density at radius 1 is 1.26 bits per heavy atom. The van der Waals surface area contributed by atoms with Gasteiger partial charge in [-0.3, -0.25) is 4.79 Å². The first-order chi connectivity index (χ1) is 11.0. The van der Waals surface area contributed by atoms with Crippen molar-refractivity contribution in [1.82, 2.24) is 0 Å². The van der Waals surface area contributed by atoms with Gasteiger partial charge in [0, 0.05) is 5.69 Å². The van der Waals surface area contributed by atoms with Gasteiger partial charge in [0.25, 0.3) is 5.91 Å². The van der Waals surface area contributed by atoms with Gasteiger partial charge >= 0.3 is 0 Å². The van der Waals surface area contributed by atoms with Crippen molar-refractivity contribution in [3.8, 4) is 11.5 Å². The molecule has 5 nitrogen and oxygen atoms in total. The molecular weight excluding hydrogens is 292 g/mol. The van der Waals surface area contributed by atoms with Crippen LogP contribution in [-0.2, 0) is 4.79 Å². The van der Waals surface area contributed by atoms with Crippen molar-refractivity contribution < 1.29 is 14.3 Å². The maximum atomic E-state index is 12.4. The fraction of sp³-hybridized carbons (Fsp3) is 0.278. The van der Waals surface area contributed by atoms with Crippen LogP contribution in [0.5, 0.6) is 11.5 Å². The van der Waals surface area contributed by atoms with Crippen molar-refractivity contribution >= 4 is 17.3 Å². The van der Waals surface area contributed by atoms with Crippen LogP contribution in [0.4, 0.5) is 11.4 Å². The molecule has 1 heterocycles. The van der Waals surface area contributed by atoms with E-state index in [1.54, 1.807) is 30.0 Å². The predicted octanol–water partition coefficient (Wildman–Crippen LogP) is 2.77. The minimum atomic E-state index is -0.509. The minimum Gasteiger partial charge on any atom is -0.492 e. The second-order valence-electron chi connectivity index (χ2n) is 5.64. The first kappa shape index (κ1) is 15.2. The number of amides is 1. The smallest absolute Gasteiger partial charge is 0.267 e. The summed E-state index contributed by atoms with van der Waals surface area (Å²) in [5.74, 6) is 1.38. The Hall–Kier alpha value is -2.69. The number of nitrogens with two attached hydrogens (primary N) is 1. The largest absolute Gasteiger partial charge is 0.492 e. The molecule has 1 aliphatic heterocycles. The minimum absolute atomic E-state index is 0.0871. The quantitative estimate of drug-likeness (QED) is 0.882. The van der Waals surface area contributed by atoms with Crippen molar-refractivity contribution in [1.29, 1.82) is 0 Å². The first-order valence-electron chi connectivity index (χ1n) is 7.61. The van der Waals surface area contributed by atoms with Gasteiger partial charge in [-0.15, -0.1) is 0 Å². The zero-order valence-electron chi connectivity index (χ0n) is 13.3. The van der Waals surface area contributed by atoms with Crippen LogP contribution in [-0.4, -0.2) is 25.2 Å². The molecule has 0 spiro atoms. The summed E-state index contributed by atoms with van der Waals surface area (Å²) in [5.41, 5.74) is 8.26. The number of anilines is 2. The van der Waals surface area contributed by atoms with E-state index in [1.165, 1.54) is 0 Å². The zero-order valence-corrected chi connectivity index (χ0v) is 13.3. The molecule has 0 saturated heterocycles. The lowest BCUT2D eigenvalue weighted by atomic mass is 10.1. The van der Waals surface area contributed by atoms with Crippen LogP contribution >= 0.6 is 0 Å². The third kappa shape index (κ3) is 3.23. The molecule has 0 bridgehead atoms. The third-order valence-corrected chi connectivity index (χ3v) is 3.76. The average Bonchev–Trinajstić information content (AvgIpc) is 2.52. The van der Waals surface area contributed by atoms with Gasteiger partial charge in [0.15, 0.2) is 6.10 Å². The number of aryl methyl sites for hydroxylation is 1. The monoisotopic (exact) mass is 312 g/mol. The molecule has 0 fully saturated rings. The van der Waals surface area contributed by atoms with E-state index >= 15 is 0 Å². The maximum absolute atomic E-state index is 12.4. The number of fused-ring (bicyclic) bond motifs is 1. The predicted molar refractivity (Wildman–Crippen MR) is 90.0 cm³/mol. The molecule has 2 aromatic carbocycles. The highest BCUT2D eigenvalue weighted by Gasteiger charge is 2.31. The molecule has 2 N–H and O–H groups in total. The van der Waals surface area contributed by atoms with Crippen molar-refractivity contribution in [2.45, 2.75) is 20.0 Å². The number of nitrogens with zero attached hydrogens (tertiary/aromatic N) is 1. The topological polar surface area (TPSA) is 64.8 Å². The molecule has 1 unspecified atom stereocenters. The summed E-state index contributed by atoms with van der Waals surface area (Å²) in [6.07, 6.45) is -0.509. The third-order valence-electron chi connectivity index (χ3n) is 3.76. The average molecular weight is 312 g/mol. The molecular formula is C18H20N2O3. The number of hydrogen-bond donors (Lipinski definition) is 1. The SMILES string of the molecule is Cc1cccc(OCCN2C(=O)C(C)Oc3ccc(N)cc32)c1. The van der Waals surface area contributed by atoms with Crippen LogP contribution in [0.1, 0.15) is 12.5 Å². The summed E-state index contributed by atoms with van der Waals surface area (Å²) >= 11 is 0. The molecule has 2 aromatic rings. The summed E-state index contributed by atoms with van der Waals surface area (Å²) in [6, 6.07) is 13.1. The second kappa shape index (κ2) is 6.20. The number of ether oxygens (including phenoxy) is 2. The molecule has 120 valence electrons. The highest BCUT2D eigenvalue weighted by atomic mass is 16.5. The lowest BCUT2D eigenvalue weighted by Gasteiger charge is -2.33. The maximum Gasteiger partial charge on any atom is 0.267 e. The van der Waals surface area contributed by atoms with E-state index in [1.807, 2.05) is 31.2 Å². The van der Waals surface area contributed by atoms with Gasteiger partial charge < -0.3 is 20.1 Å². The van der Waals surface area contributed by atoms with Crippen molar-refractivity contribution in [2.24, 2.45) is 0 Å². The molecule has 0 saturated carbocycles. The van der Waals surface area contributed by atoms with Crippen molar-refractivity contribution in [3.63, 3.8) is 0 Å². The first-order valence-corrected chi connectivity index (χ1v) is 7.61. The molecule has 1 atom stereocenters. The Morgan fingerprint density at radius 2 is 2.09 bits per heavy atom. The molecule has 0 aliphatic carbocycles. The normalized spacial score (nSPS) is 16.7. The van der Waals surface area contributed by atoms with E-state index in [2.05, 4.69) is 0 Å². The number of benzene rings is 2. The van der Waals surface area contributed by atoms with Gasteiger partial charge in [0.2, 0.25) is 0 Å². The van der Waals surface area contributed by atoms with Crippen LogP contribution in [0.3, 0.4) is 0 Å². The molecule has 1 aliphatic rings. The molecule has 5 heteroatoms. The Morgan fingerprint density at radius 3 is 2.87 bits per heavy atom. The Kier molecular flexibility index (Phi) is 4.10. The zero-order chi connectivity index (χ0) is 16.4. The summed E-state index contributed by atoms with van der Waals surface area (Å²) in [5, 5.41) is 0. The number of hydrogen-bond acceptors (Lipinski definition) is 4. The van der Waals surface area contributed by atoms with Crippen LogP contribution in [0.15, 0.2) is 42.5 Å². The summed E-state index contributed by atoms with van der Waals surface area (Å²) < 4.78 is 11.4. The number of carbonyl (C=O) groups is 1. The Bertz CT molecular complexity index is 730. The van der Waals surface area contributed by atoms with Gasteiger partial charge in [-0.2, -0.15) is 0 Å². The van der Waals surface area contributed by atoms with E-state index < -0.39 is 6.10 Å². The lowest BCUT2D eigenvalue weighted by Crippen LogP contribution is -2.46. The number of nitrogen functional groups attached to an aromatic ring is 1. The standard InChI is InChI=1S/C18H20N2O3/c1-12-4-3-5-15(10-12)22-9-8-20-16-11-14(19)6-7-17(16)23-13(2)18(20)21/h3-7,10-11,13H,8-9,19H2,1-2H3. The van der Waals surface area contributed by atoms with Crippen LogP contribution in [0, 0.1) is 6.92 Å². The van der Waals surface area contributed by atoms with Gasteiger partial charge in [-0.05, 0) is 49.7 Å². The van der Waals surface area contributed by atoms with Gasteiger partial charge in [-0.1, -0.05) is 12.1 Å². The molecule has 0 radical (unpaired) electrons. The Labute approximate surface area is 135 Å². The summed E-state index contributed by atoms with van der Waals surface area (Å²) in [7, 11) is 0. The van der Waals surface area contributed by atoms with E-state index in [9.17, 15) is 4.79 Å². The van der Waals surface area contributed by atoms with Gasteiger partial charge in [-0.25, -0.2) is 0 Å². The highest BCUT2D eigenvalue weighted by molar-refractivity contribution is 6.00. The number of rotatable bonds is 4. The number of carbonyl (C=O) groups excluding carboxylic acids is 1. The fourth-order valence-electron chi connectivity index (χ4n) is 2.61. The fourth-order valence-corrected chi connectivity index (χ4v) is 2.61. The molecule has 23 heavy (non-hydrogen) atoms. The van der Waals surface area contributed by atoms with Crippen molar-refractivity contribution in [2.75, 3.05) is 23.8 Å². The molecule has 3 rings (SSSR count). The van der Waals surface area contributed by atoms with Gasteiger partial charge in [0.1, 0.15) is 18.1 Å². The van der Waals surface area contributed by atoms with Crippen LogP contribution < -0.4 is 20.1 Å². The van der Waals surface area contributed by atoms with E-state index in [4.69, 9.17) is 15.2 Å². The van der Waals surface area contributed by atoms with E-state index in [0.717, 1.165) is 11.3 Å². The van der Waals surface area contributed by atoms with E-state index in [0.29, 0.717) is 30.3 Å². The second-order valence-corrected chi connectivity index (χ2v) is 5.64. The van der Waals surface area contributed by atoms with Gasteiger partial charge in [0.05, 0.1) is 12.2 Å². The lowest BCUT2D eigenvalue weighted by molar-refractivity contribution is -0.125. The molecule has 0 aromatic heterocycles. The Balaban J connectivity index is 1.74. The van der Waals surface area contributed by atoms with Crippen LogP contribution in [0.25, 0.3) is 0 Å². The molecule has 1 amide bonds.